The number of pyridine rings is 1. The summed E-state index contributed by atoms with van der Waals surface area (Å²) in [5.41, 5.74) is 0.699. The molecule has 0 aliphatic heterocycles. The van der Waals surface area contributed by atoms with E-state index in [0.29, 0.717) is 22.9 Å². The molecule has 1 aliphatic carbocycles. The van der Waals surface area contributed by atoms with Crippen LogP contribution < -0.4 is 10.6 Å². The summed E-state index contributed by atoms with van der Waals surface area (Å²) >= 11 is 6.05. The molecule has 0 bridgehead atoms. The Kier molecular flexibility index (Phi) is 4.86. The zero-order valence-electron chi connectivity index (χ0n) is 12.1. The van der Waals surface area contributed by atoms with E-state index < -0.39 is 0 Å². The van der Waals surface area contributed by atoms with E-state index in [0.717, 1.165) is 0 Å². The predicted octanol–water partition coefficient (Wildman–Crippen LogP) is 3.48. The summed E-state index contributed by atoms with van der Waals surface area (Å²) in [5.74, 6) is 0.518. The molecule has 1 aromatic rings. The van der Waals surface area contributed by atoms with Crippen molar-refractivity contribution in [1.82, 2.24) is 10.3 Å². The van der Waals surface area contributed by atoms with Gasteiger partial charge in [0.2, 0.25) is 0 Å². The van der Waals surface area contributed by atoms with Crippen LogP contribution in [0.15, 0.2) is 12.3 Å². The number of hydrogen-bond donors (Lipinski definition) is 2. The van der Waals surface area contributed by atoms with Crippen LogP contribution in [-0.4, -0.2) is 24.5 Å². The number of nitrogens with one attached hydrogen (secondary N) is 2. The minimum absolute atomic E-state index is 0.124. The largest absolute Gasteiger partial charge is 0.373 e. The van der Waals surface area contributed by atoms with Crippen molar-refractivity contribution >= 4 is 23.3 Å². The van der Waals surface area contributed by atoms with Crippen LogP contribution in [0.5, 0.6) is 0 Å². The lowest BCUT2D eigenvalue weighted by Gasteiger charge is -2.33. The van der Waals surface area contributed by atoms with E-state index in [1.54, 1.807) is 13.1 Å². The number of aromatic nitrogens is 1. The van der Waals surface area contributed by atoms with Crippen molar-refractivity contribution < 1.29 is 4.79 Å². The minimum Gasteiger partial charge on any atom is -0.373 e. The van der Waals surface area contributed by atoms with E-state index in [1.165, 1.54) is 38.3 Å². The average Bonchev–Trinajstić information content (AvgIpc) is 2.46. The number of nitrogens with zero attached hydrogens (tertiary/aromatic N) is 1. The number of rotatable bonds is 4. The second-order valence-corrected chi connectivity index (χ2v) is 6.26. The molecule has 1 aromatic heterocycles. The van der Waals surface area contributed by atoms with Gasteiger partial charge in [-0.3, -0.25) is 4.79 Å². The first-order valence-electron chi connectivity index (χ1n) is 7.16. The molecule has 5 heteroatoms. The maximum atomic E-state index is 12.3. The molecular weight excluding hydrogens is 274 g/mol. The van der Waals surface area contributed by atoms with Crippen LogP contribution in [0, 0.1) is 5.41 Å². The van der Waals surface area contributed by atoms with Crippen LogP contribution in [0.3, 0.4) is 0 Å². The van der Waals surface area contributed by atoms with Crippen molar-refractivity contribution in [2.45, 2.75) is 39.0 Å². The van der Waals surface area contributed by atoms with Gasteiger partial charge in [-0.05, 0) is 24.3 Å². The minimum atomic E-state index is -0.124. The summed E-state index contributed by atoms with van der Waals surface area (Å²) < 4.78 is 0. The molecule has 1 aliphatic rings. The lowest BCUT2D eigenvalue weighted by atomic mass is 9.76. The maximum Gasteiger partial charge on any atom is 0.253 e. The van der Waals surface area contributed by atoms with Crippen molar-refractivity contribution in [3.63, 3.8) is 0 Å². The van der Waals surface area contributed by atoms with E-state index in [4.69, 9.17) is 11.6 Å². The second-order valence-electron chi connectivity index (χ2n) is 5.85. The Morgan fingerprint density at radius 1 is 1.40 bits per heavy atom. The van der Waals surface area contributed by atoms with Gasteiger partial charge in [0.25, 0.3) is 5.91 Å². The van der Waals surface area contributed by atoms with Crippen molar-refractivity contribution in [1.29, 1.82) is 0 Å². The van der Waals surface area contributed by atoms with E-state index in [2.05, 4.69) is 22.5 Å². The molecule has 110 valence electrons. The number of carbonyl (C=O) groups excluding carboxylic acids is 1. The number of carbonyl (C=O) groups is 1. The monoisotopic (exact) mass is 295 g/mol. The van der Waals surface area contributed by atoms with Gasteiger partial charge in [0.15, 0.2) is 0 Å². The zero-order chi connectivity index (χ0) is 14.6. The lowest BCUT2D eigenvalue weighted by molar-refractivity contribution is 0.0919. The summed E-state index contributed by atoms with van der Waals surface area (Å²) in [6.07, 6.45) is 7.69. The molecule has 2 N–H and O–H groups in total. The fourth-order valence-electron chi connectivity index (χ4n) is 2.72. The molecule has 20 heavy (non-hydrogen) atoms. The highest BCUT2D eigenvalue weighted by atomic mass is 35.5. The molecule has 0 spiro atoms. The van der Waals surface area contributed by atoms with Gasteiger partial charge in [0.1, 0.15) is 5.82 Å². The van der Waals surface area contributed by atoms with E-state index in [9.17, 15) is 4.79 Å². The molecule has 0 aromatic carbocycles. The Bertz CT molecular complexity index is 484. The highest BCUT2D eigenvalue weighted by molar-refractivity contribution is 6.33. The van der Waals surface area contributed by atoms with Gasteiger partial charge in [-0.2, -0.15) is 0 Å². The molecule has 1 heterocycles. The van der Waals surface area contributed by atoms with Crippen LogP contribution in [0.1, 0.15) is 49.4 Å². The average molecular weight is 296 g/mol. The highest BCUT2D eigenvalue weighted by Gasteiger charge is 2.27. The van der Waals surface area contributed by atoms with Crippen LogP contribution >= 0.6 is 11.6 Å². The third kappa shape index (κ3) is 3.63. The Labute approximate surface area is 125 Å². The Morgan fingerprint density at radius 2 is 2.10 bits per heavy atom. The molecule has 0 atom stereocenters. The molecule has 1 saturated carbocycles. The summed E-state index contributed by atoms with van der Waals surface area (Å²) in [5, 5.41) is 6.32. The van der Waals surface area contributed by atoms with Gasteiger partial charge in [0, 0.05) is 19.8 Å². The summed E-state index contributed by atoms with van der Waals surface area (Å²) in [6, 6.07) is 1.68. The molecular formula is C15H22ClN3O. The van der Waals surface area contributed by atoms with Gasteiger partial charge in [0.05, 0.1) is 10.6 Å². The van der Waals surface area contributed by atoms with Crippen molar-refractivity contribution in [3.05, 3.63) is 22.8 Å². The fourth-order valence-corrected chi connectivity index (χ4v) is 2.91. The van der Waals surface area contributed by atoms with Crippen LogP contribution in [0.2, 0.25) is 5.02 Å². The highest BCUT2D eigenvalue weighted by Crippen LogP contribution is 2.35. The molecule has 4 nitrogen and oxygen atoms in total. The first-order chi connectivity index (χ1) is 9.54. The van der Waals surface area contributed by atoms with E-state index in [-0.39, 0.29) is 11.3 Å². The number of amides is 1. The van der Waals surface area contributed by atoms with Gasteiger partial charge < -0.3 is 10.6 Å². The van der Waals surface area contributed by atoms with Crippen molar-refractivity contribution in [2.24, 2.45) is 5.41 Å². The Hall–Kier alpha value is -1.29. The molecule has 0 radical (unpaired) electrons. The first kappa shape index (κ1) is 15.1. The van der Waals surface area contributed by atoms with Crippen molar-refractivity contribution in [2.75, 3.05) is 18.9 Å². The topological polar surface area (TPSA) is 54.0 Å². The Morgan fingerprint density at radius 3 is 2.75 bits per heavy atom. The van der Waals surface area contributed by atoms with Crippen molar-refractivity contribution in [3.8, 4) is 0 Å². The standard InChI is InChI=1S/C15H22ClN3O/c1-15(6-4-3-5-7-15)10-19-14(20)11-8-13(17-2)18-9-12(11)16/h8-9H,3-7,10H2,1-2H3,(H,17,18)(H,19,20). The Balaban J connectivity index is 2.01. The molecule has 0 unspecified atom stereocenters. The van der Waals surface area contributed by atoms with Gasteiger partial charge >= 0.3 is 0 Å². The van der Waals surface area contributed by atoms with Gasteiger partial charge in [-0.15, -0.1) is 0 Å². The van der Waals surface area contributed by atoms with E-state index in [1.807, 2.05) is 0 Å². The van der Waals surface area contributed by atoms with E-state index >= 15 is 0 Å². The SMILES string of the molecule is CNc1cc(C(=O)NCC2(C)CCCCC2)c(Cl)cn1. The van der Waals surface area contributed by atoms with Crippen LogP contribution in [0.4, 0.5) is 5.82 Å². The summed E-state index contributed by atoms with van der Waals surface area (Å²) in [7, 11) is 1.76. The predicted molar refractivity (Wildman–Crippen MR) is 82.3 cm³/mol. The second kappa shape index (κ2) is 6.44. The summed E-state index contributed by atoms with van der Waals surface area (Å²) in [4.78, 5) is 16.3. The molecule has 1 amide bonds. The molecule has 1 fully saturated rings. The van der Waals surface area contributed by atoms with Crippen LogP contribution in [-0.2, 0) is 0 Å². The maximum absolute atomic E-state index is 12.3. The zero-order valence-corrected chi connectivity index (χ0v) is 12.9. The molecule has 0 saturated heterocycles. The third-order valence-corrected chi connectivity index (χ3v) is 4.39. The smallest absolute Gasteiger partial charge is 0.253 e. The van der Waals surface area contributed by atoms with Crippen LogP contribution in [0.25, 0.3) is 0 Å². The first-order valence-corrected chi connectivity index (χ1v) is 7.53. The lowest BCUT2D eigenvalue weighted by Crippen LogP contribution is -2.37. The van der Waals surface area contributed by atoms with Gasteiger partial charge in [-0.1, -0.05) is 37.8 Å². The number of halogens is 1. The fraction of sp³-hybridized carbons (Fsp3) is 0.600. The molecule has 2 rings (SSSR count). The summed E-state index contributed by atoms with van der Waals surface area (Å²) in [6.45, 7) is 2.96. The normalized spacial score (nSPS) is 17.6. The van der Waals surface area contributed by atoms with Gasteiger partial charge in [-0.25, -0.2) is 4.98 Å². The third-order valence-electron chi connectivity index (χ3n) is 4.09. The quantitative estimate of drug-likeness (QED) is 0.894. The number of anilines is 1. The number of hydrogen-bond acceptors (Lipinski definition) is 3.